The normalized spacial score (nSPS) is 12.1. The minimum Gasteiger partial charge on any atom is -0.481 e. The molecule has 0 unspecified atom stereocenters. The van der Waals surface area contributed by atoms with E-state index in [2.05, 4.69) is 0 Å². The Labute approximate surface area is 84.2 Å². The predicted molar refractivity (Wildman–Crippen MR) is 52.8 cm³/mol. The average molecular weight is 205 g/mol. The van der Waals surface area contributed by atoms with Crippen molar-refractivity contribution < 1.29 is 19.4 Å². The molecule has 0 aromatic carbocycles. The lowest BCUT2D eigenvalue weighted by Gasteiger charge is -2.20. The van der Waals surface area contributed by atoms with E-state index < -0.39 is 17.6 Å². The fourth-order valence-electron chi connectivity index (χ4n) is 0.395. The lowest BCUT2D eigenvalue weighted by Crippen LogP contribution is -2.35. The number of aliphatic carboxylic acids is 1. The number of hydrogen-bond acceptors (Lipinski definition) is 4. The number of nitrogens with two attached hydrogens (primary N) is 1. The maximum atomic E-state index is 10.8. The lowest BCUT2D eigenvalue weighted by atomic mass is 10.2. The maximum absolute atomic E-state index is 10.8. The van der Waals surface area contributed by atoms with Crippen LogP contribution in [0.3, 0.4) is 0 Å². The highest BCUT2D eigenvalue weighted by atomic mass is 16.6. The Kier molecular flexibility index (Phi) is 6.99. The second-order valence-corrected chi connectivity index (χ2v) is 3.84. The molecule has 14 heavy (non-hydrogen) atoms. The molecule has 0 saturated heterocycles. The maximum Gasteiger partial charge on any atom is 0.323 e. The van der Waals surface area contributed by atoms with Gasteiger partial charge in [-0.1, -0.05) is 0 Å². The largest absolute Gasteiger partial charge is 0.481 e. The van der Waals surface area contributed by atoms with Gasteiger partial charge < -0.3 is 15.6 Å². The van der Waals surface area contributed by atoms with Crippen molar-refractivity contribution in [1.29, 1.82) is 0 Å². The predicted octanol–water partition coefficient (Wildman–Crippen LogP) is 0.766. The molecule has 0 radical (unpaired) electrons. The first-order valence-corrected chi connectivity index (χ1v) is 4.24. The summed E-state index contributed by atoms with van der Waals surface area (Å²) in [5.74, 6) is -1.19. The Balaban J connectivity index is 0. The van der Waals surface area contributed by atoms with Crippen LogP contribution in [0.4, 0.5) is 0 Å². The first-order chi connectivity index (χ1) is 6.06. The fraction of sp³-hybridized carbons (Fsp3) is 0.778. The van der Waals surface area contributed by atoms with Crippen molar-refractivity contribution in [3.05, 3.63) is 0 Å². The van der Waals surface area contributed by atoms with E-state index >= 15 is 0 Å². The molecule has 0 bridgehead atoms. The molecule has 0 aromatic rings. The highest BCUT2D eigenvalue weighted by molar-refractivity contribution is 5.75. The number of ether oxygens (including phenoxy) is 1. The van der Waals surface area contributed by atoms with Crippen LogP contribution in [0.15, 0.2) is 0 Å². The van der Waals surface area contributed by atoms with Crippen LogP contribution in [0.1, 0.15) is 34.6 Å². The van der Waals surface area contributed by atoms with Crippen molar-refractivity contribution >= 4 is 11.9 Å². The fourth-order valence-corrected chi connectivity index (χ4v) is 0.395. The van der Waals surface area contributed by atoms with Crippen molar-refractivity contribution in [2.75, 3.05) is 0 Å². The number of carboxylic acids is 1. The molecule has 0 heterocycles. The van der Waals surface area contributed by atoms with Gasteiger partial charge in [0.05, 0.1) is 0 Å². The first kappa shape index (κ1) is 15.4. The number of hydrogen-bond donors (Lipinski definition) is 2. The molecular weight excluding hydrogens is 186 g/mol. The molecule has 0 aliphatic heterocycles. The topological polar surface area (TPSA) is 89.6 Å². The van der Waals surface area contributed by atoms with E-state index in [-0.39, 0.29) is 5.97 Å². The molecule has 0 aliphatic rings. The monoisotopic (exact) mass is 205 g/mol. The van der Waals surface area contributed by atoms with Crippen molar-refractivity contribution in [3.63, 3.8) is 0 Å². The molecule has 0 spiro atoms. The zero-order valence-electron chi connectivity index (χ0n) is 9.33. The van der Waals surface area contributed by atoms with Gasteiger partial charge in [0.15, 0.2) is 0 Å². The van der Waals surface area contributed by atoms with Gasteiger partial charge in [-0.15, -0.1) is 0 Å². The van der Waals surface area contributed by atoms with E-state index in [1.165, 1.54) is 0 Å². The molecule has 5 nitrogen and oxygen atoms in total. The Morgan fingerprint density at radius 3 is 1.71 bits per heavy atom. The summed E-state index contributed by atoms with van der Waals surface area (Å²) in [4.78, 5) is 19.8. The zero-order valence-corrected chi connectivity index (χ0v) is 9.33. The number of esters is 1. The van der Waals surface area contributed by atoms with Crippen LogP contribution in [0.25, 0.3) is 0 Å². The highest BCUT2D eigenvalue weighted by Crippen LogP contribution is 2.07. The molecular formula is C9H19NO4. The van der Waals surface area contributed by atoms with Gasteiger partial charge in [-0.2, -0.15) is 0 Å². The van der Waals surface area contributed by atoms with Crippen LogP contribution in [0, 0.1) is 0 Å². The van der Waals surface area contributed by atoms with Crippen molar-refractivity contribution in [2.24, 2.45) is 5.73 Å². The van der Waals surface area contributed by atoms with Crippen LogP contribution < -0.4 is 5.73 Å². The van der Waals surface area contributed by atoms with Crippen molar-refractivity contribution in [2.45, 2.75) is 46.3 Å². The number of carbonyl (C=O) groups excluding carboxylic acids is 1. The van der Waals surface area contributed by atoms with Crippen molar-refractivity contribution in [3.8, 4) is 0 Å². The van der Waals surface area contributed by atoms with Crippen molar-refractivity contribution in [1.82, 2.24) is 0 Å². The number of carboxylic acid groups (broad SMARTS) is 1. The molecule has 0 saturated carbocycles. The smallest absolute Gasteiger partial charge is 0.323 e. The molecule has 1 atom stereocenters. The molecule has 84 valence electrons. The Morgan fingerprint density at radius 1 is 1.36 bits per heavy atom. The van der Waals surface area contributed by atoms with Gasteiger partial charge in [0.1, 0.15) is 11.6 Å². The molecule has 3 N–H and O–H groups in total. The third-order valence-corrected chi connectivity index (χ3v) is 0.779. The van der Waals surface area contributed by atoms with Gasteiger partial charge in [-0.05, 0) is 27.7 Å². The van der Waals surface area contributed by atoms with Gasteiger partial charge >= 0.3 is 5.97 Å². The summed E-state index contributed by atoms with van der Waals surface area (Å²) in [6.45, 7) is 8.13. The minimum atomic E-state index is -0.833. The second-order valence-electron chi connectivity index (χ2n) is 3.84. The third kappa shape index (κ3) is 17.1. The summed E-state index contributed by atoms with van der Waals surface area (Å²) in [6, 6.07) is -0.528. The first-order valence-electron chi connectivity index (χ1n) is 4.24. The van der Waals surface area contributed by atoms with Crippen LogP contribution >= 0.6 is 0 Å². The van der Waals surface area contributed by atoms with E-state index in [0.717, 1.165) is 6.92 Å². The van der Waals surface area contributed by atoms with E-state index in [0.29, 0.717) is 0 Å². The highest BCUT2D eigenvalue weighted by Gasteiger charge is 2.18. The SMILES string of the molecule is CC(=O)O.C[C@H](N)C(=O)OC(C)(C)C. The molecule has 0 fully saturated rings. The van der Waals surface area contributed by atoms with Gasteiger partial charge in [-0.25, -0.2) is 0 Å². The van der Waals surface area contributed by atoms with Gasteiger partial charge in [0.2, 0.25) is 0 Å². The number of carbonyl (C=O) groups is 2. The standard InChI is InChI=1S/C7H15NO2.C2H4O2/c1-5(8)6(9)10-7(2,3)4;1-2(3)4/h5H,8H2,1-4H3;1H3,(H,3,4)/t5-;/m0./s1. The summed E-state index contributed by atoms with van der Waals surface area (Å²) in [5, 5.41) is 7.42. The van der Waals surface area contributed by atoms with E-state index in [9.17, 15) is 4.79 Å². The van der Waals surface area contributed by atoms with Gasteiger partial charge in [0, 0.05) is 6.92 Å². The lowest BCUT2D eigenvalue weighted by molar-refractivity contribution is -0.156. The second kappa shape index (κ2) is 6.37. The summed E-state index contributed by atoms with van der Waals surface area (Å²) in [6.07, 6.45) is 0. The van der Waals surface area contributed by atoms with Crippen LogP contribution in [0.2, 0.25) is 0 Å². The van der Waals surface area contributed by atoms with Gasteiger partial charge in [0.25, 0.3) is 5.97 Å². The molecule has 0 aromatic heterocycles. The molecule has 5 heteroatoms. The van der Waals surface area contributed by atoms with Crippen LogP contribution in [-0.4, -0.2) is 28.7 Å². The zero-order chi connectivity index (χ0) is 11.9. The molecule has 0 aliphatic carbocycles. The Hall–Kier alpha value is -1.10. The molecule has 0 rings (SSSR count). The van der Waals surface area contributed by atoms with Crippen LogP contribution in [-0.2, 0) is 14.3 Å². The summed E-state index contributed by atoms with van der Waals surface area (Å²) >= 11 is 0. The Bertz CT molecular complexity index is 189. The Morgan fingerprint density at radius 2 is 1.64 bits per heavy atom. The summed E-state index contributed by atoms with van der Waals surface area (Å²) in [5.41, 5.74) is 4.84. The summed E-state index contributed by atoms with van der Waals surface area (Å²) < 4.78 is 4.94. The quantitative estimate of drug-likeness (QED) is 0.617. The number of rotatable bonds is 1. The van der Waals surface area contributed by atoms with Crippen LogP contribution in [0.5, 0.6) is 0 Å². The third-order valence-electron chi connectivity index (χ3n) is 0.779. The van der Waals surface area contributed by atoms with E-state index in [4.69, 9.17) is 20.4 Å². The minimum absolute atomic E-state index is 0.354. The molecule has 0 amide bonds. The van der Waals surface area contributed by atoms with E-state index in [1.54, 1.807) is 6.92 Å². The van der Waals surface area contributed by atoms with E-state index in [1.807, 2.05) is 20.8 Å². The summed E-state index contributed by atoms with van der Waals surface area (Å²) in [7, 11) is 0. The average Bonchev–Trinajstić information content (AvgIpc) is 1.81. The van der Waals surface area contributed by atoms with Gasteiger partial charge in [-0.3, -0.25) is 9.59 Å².